The fraction of sp³-hybridized carbons (Fsp3) is 0.318. The summed E-state index contributed by atoms with van der Waals surface area (Å²) in [4.78, 5) is 26.6. The van der Waals surface area contributed by atoms with Crippen LogP contribution >= 0.6 is 22.7 Å². The number of carbonyl (C=O) groups excluding carboxylic acids is 1. The van der Waals surface area contributed by atoms with E-state index >= 15 is 0 Å². The van der Waals surface area contributed by atoms with Crippen molar-refractivity contribution in [2.45, 2.75) is 20.3 Å². The van der Waals surface area contributed by atoms with Gasteiger partial charge in [0.1, 0.15) is 0 Å². The maximum Gasteiger partial charge on any atom is 0.260 e. The predicted octanol–water partition coefficient (Wildman–Crippen LogP) is 5.12. The Morgan fingerprint density at radius 1 is 1.07 bits per heavy atom. The number of aromatic nitrogens is 2. The van der Waals surface area contributed by atoms with E-state index in [-0.39, 0.29) is 5.91 Å². The van der Waals surface area contributed by atoms with Gasteiger partial charge >= 0.3 is 0 Å². The number of aryl methyl sites for hydroxylation is 2. The minimum Gasteiger partial charge on any atom is -0.309 e. The van der Waals surface area contributed by atoms with Crippen LogP contribution in [0.15, 0.2) is 35.8 Å². The van der Waals surface area contributed by atoms with Gasteiger partial charge in [-0.25, -0.2) is 9.97 Å². The van der Waals surface area contributed by atoms with Gasteiger partial charge in [-0.3, -0.25) is 9.69 Å². The van der Waals surface area contributed by atoms with E-state index in [4.69, 9.17) is 4.98 Å². The number of benzene rings is 2. The number of thiazole rings is 2. The number of anilines is 1. The Kier molecular flexibility index (Phi) is 5.63. The van der Waals surface area contributed by atoms with E-state index in [1.807, 2.05) is 42.7 Å². The van der Waals surface area contributed by atoms with E-state index in [0.717, 1.165) is 38.5 Å². The van der Waals surface area contributed by atoms with Crippen molar-refractivity contribution in [1.29, 1.82) is 0 Å². The SMILES string of the molecule is Cc1ccc2sc(N(CCCN(C)C)C(=O)c3ccc4ncsc4c3)nc2c1C. The highest BCUT2D eigenvalue weighted by Gasteiger charge is 2.22. The highest BCUT2D eigenvalue weighted by molar-refractivity contribution is 7.22. The van der Waals surface area contributed by atoms with E-state index in [1.54, 1.807) is 22.7 Å². The van der Waals surface area contributed by atoms with E-state index < -0.39 is 0 Å². The molecule has 0 atom stereocenters. The van der Waals surface area contributed by atoms with Crippen molar-refractivity contribution in [2.75, 3.05) is 32.1 Å². The average Bonchev–Trinajstić information content (AvgIpc) is 3.34. The monoisotopic (exact) mass is 424 g/mol. The molecule has 0 aliphatic rings. The summed E-state index contributed by atoms with van der Waals surface area (Å²) < 4.78 is 2.14. The van der Waals surface area contributed by atoms with Crippen molar-refractivity contribution in [2.24, 2.45) is 0 Å². The number of hydrogen-bond donors (Lipinski definition) is 0. The van der Waals surface area contributed by atoms with Gasteiger partial charge in [0.15, 0.2) is 5.13 Å². The Labute approximate surface area is 178 Å². The molecule has 5 nitrogen and oxygen atoms in total. The molecular weight excluding hydrogens is 400 g/mol. The number of carbonyl (C=O) groups is 1. The molecule has 1 amide bonds. The largest absolute Gasteiger partial charge is 0.309 e. The molecule has 0 unspecified atom stereocenters. The molecule has 0 aliphatic heterocycles. The van der Waals surface area contributed by atoms with Crippen molar-refractivity contribution >= 4 is 54.1 Å². The molecule has 2 heterocycles. The maximum atomic E-state index is 13.5. The Balaban J connectivity index is 1.72. The van der Waals surface area contributed by atoms with Crippen molar-refractivity contribution in [3.63, 3.8) is 0 Å². The summed E-state index contributed by atoms with van der Waals surface area (Å²) in [7, 11) is 4.10. The Bertz CT molecular complexity index is 1180. The molecule has 0 bridgehead atoms. The Morgan fingerprint density at radius 2 is 1.90 bits per heavy atom. The lowest BCUT2D eigenvalue weighted by atomic mass is 10.1. The van der Waals surface area contributed by atoms with Gasteiger partial charge in [-0.05, 0) is 76.3 Å². The summed E-state index contributed by atoms with van der Waals surface area (Å²) in [6, 6.07) is 9.95. The molecule has 0 radical (unpaired) electrons. The van der Waals surface area contributed by atoms with Crippen molar-refractivity contribution in [3.05, 3.63) is 52.5 Å². The van der Waals surface area contributed by atoms with Crippen molar-refractivity contribution in [3.8, 4) is 0 Å². The summed E-state index contributed by atoms with van der Waals surface area (Å²) in [6.45, 7) is 5.74. The van der Waals surface area contributed by atoms with Gasteiger partial charge in [0, 0.05) is 12.1 Å². The number of fused-ring (bicyclic) bond motifs is 2. The van der Waals surface area contributed by atoms with Crippen LogP contribution in [0.3, 0.4) is 0 Å². The van der Waals surface area contributed by atoms with E-state index in [9.17, 15) is 4.79 Å². The average molecular weight is 425 g/mol. The van der Waals surface area contributed by atoms with Crippen LogP contribution in [-0.2, 0) is 0 Å². The molecule has 0 saturated heterocycles. The second kappa shape index (κ2) is 8.18. The van der Waals surface area contributed by atoms with E-state index in [2.05, 4.69) is 35.9 Å². The standard InChI is InChI=1S/C22H24N4OS2/c1-14-6-9-18-20(15(14)2)24-22(29-18)26(11-5-10-25(3)4)21(27)16-7-8-17-19(12-16)28-13-23-17/h6-9,12-13H,5,10-11H2,1-4H3. The van der Waals surface area contributed by atoms with Crippen molar-refractivity contribution < 1.29 is 4.79 Å². The van der Waals surface area contributed by atoms with Gasteiger partial charge in [-0.15, -0.1) is 11.3 Å². The summed E-state index contributed by atoms with van der Waals surface area (Å²) in [5.41, 5.74) is 6.81. The van der Waals surface area contributed by atoms with Gasteiger partial charge in [-0.1, -0.05) is 17.4 Å². The van der Waals surface area contributed by atoms with Crippen LogP contribution in [0.5, 0.6) is 0 Å². The number of nitrogens with zero attached hydrogens (tertiary/aromatic N) is 4. The first-order valence-electron chi connectivity index (χ1n) is 9.60. The van der Waals surface area contributed by atoms with E-state index in [1.165, 1.54) is 11.1 Å². The minimum absolute atomic E-state index is 0.00696. The highest BCUT2D eigenvalue weighted by Crippen LogP contribution is 2.33. The fourth-order valence-electron chi connectivity index (χ4n) is 3.30. The number of amides is 1. The van der Waals surface area contributed by atoms with Crippen LogP contribution in [0.2, 0.25) is 0 Å². The predicted molar refractivity (Wildman–Crippen MR) is 124 cm³/mol. The van der Waals surface area contributed by atoms with Crippen LogP contribution < -0.4 is 4.90 Å². The molecule has 4 aromatic rings. The third-order valence-electron chi connectivity index (χ3n) is 5.11. The molecule has 0 aliphatic carbocycles. The first-order valence-corrected chi connectivity index (χ1v) is 11.3. The molecule has 0 N–H and O–H groups in total. The molecule has 0 spiro atoms. The smallest absolute Gasteiger partial charge is 0.260 e. The van der Waals surface area contributed by atoms with Crippen LogP contribution in [0.25, 0.3) is 20.4 Å². The zero-order chi connectivity index (χ0) is 20.5. The first-order chi connectivity index (χ1) is 13.9. The van der Waals surface area contributed by atoms with Gasteiger partial charge < -0.3 is 4.90 Å². The lowest BCUT2D eigenvalue weighted by Crippen LogP contribution is -2.33. The molecule has 7 heteroatoms. The molecule has 0 saturated carbocycles. The molecule has 2 aromatic heterocycles. The Morgan fingerprint density at radius 3 is 2.69 bits per heavy atom. The first kappa shape index (κ1) is 19.9. The minimum atomic E-state index is -0.00696. The highest BCUT2D eigenvalue weighted by atomic mass is 32.1. The summed E-state index contributed by atoms with van der Waals surface area (Å²) in [5.74, 6) is -0.00696. The summed E-state index contributed by atoms with van der Waals surface area (Å²) in [5, 5.41) is 0.766. The lowest BCUT2D eigenvalue weighted by Gasteiger charge is -2.21. The zero-order valence-corrected chi connectivity index (χ0v) is 18.7. The van der Waals surface area contributed by atoms with Crippen LogP contribution in [-0.4, -0.2) is 48.0 Å². The van der Waals surface area contributed by atoms with Gasteiger partial charge in [-0.2, -0.15) is 0 Å². The summed E-state index contributed by atoms with van der Waals surface area (Å²) in [6.07, 6.45) is 0.884. The quantitative estimate of drug-likeness (QED) is 0.431. The molecule has 29 heavy (non-hydrogen) atoms. The lowest BCUT2D eigenvalue weighted by molar-refractivity contribution is 0.0986. The molecule has 150 valence electrons. The topological polar surface area (TPSA) is 49.3 Å². The van der Waals surface area contributed by atoms with Crippen molar-refractivity contribution in [1.82, 2.24) is 14.9 Å². The van der Waals surface area contributed by atoms with Crippen LogP contribution in [0.4, 0.5) is 5.13 Å². The van der Waals surface area contributed by atoms with Gasteiger partial charge in [0.05, 0.1) is 25.9 Å². The molecule has 4 rings (SSSR count). The zero-order valence-electron chi connectivity index (χ0n) is 17.1. The number of hydrogen-bond acceptors (Lipinski definition) is 6. The second-order valence-electron chi connectivity index (χ2n) is 7.50. The summed E-state index contributed by atoms with van der Waals surface area (Å²) >= 11 is 3.14. The Hall–Kier alpha value is -2.35. The molecule has 2 aromatic carbocycles. The molecular formula is C22H24N4OS2. The van der Waals surface area contributed by atoms with E-state index in [0.29, 0.717) is 12.1 Å². The molecule has 0 fully saturated rings. The number of rotatable bonds is 6. The third kappa shape index (κ3) is 4.03. The normalized spacial score (nSPS) is 11.6. The fourth-order valence-corrected chi connectivity index (χ4v) is 5.07. The van der Waals surface area contributed by atoms with Gasteiger partial charge in [0.2, 0.25) is 0 Å². The van der Waals surface area contributed by atoms with Crippen LogP contribution in [0, 0.1) is 13.8 Å². The second-order valence-corrected chi connectivity index (χ2v) is 9.39. The van der Waals surface area contributed by atoms with Crippen LogP contribution in [0.1, 0.15) is 27.9 Å². The maximum absolute atomic E-state index is 13.5. The third-order valence-corrected chi connectivity index (χ3v) is 6.95. The van der Waals surface area contributed by atoms with Gasteiger partial charge in [0.25, 0.3) is 5.91 Å².